The Morgan fingerprint density at radius 3 is 2.71 bits per heavy atom. The van der Waals surface area contributed by atoms with Crippen LogP contribution in [-0.4, -0.2) is 22.0 Å². The Hall–Kier alpha value is -3.67. The van der Waals surface area contributed by atoms with Crippen molar-refractivity contribution >= 4 is 16.9 Å². The summed E-state index contributed by atoms with van der Waals surface area (Å²) >= 11 is 0. The fourth-order valence-electron chi connectivity index (χ4n) is 3.08. The second-order valence-corrected chi connectivity index (χ2v) is 6.43. The standard InChI is InChI=1S/C22H19N3O3/c26-18-14-20(28-19-9-5-4-8-17(18)19)22(27)24-11-10-21-23-12-13-25(21)15-16-6-2-1-3-7-16/h1-9,12-14H,10-11,15H2,(H,24,27). The molecular formula is C22H19N3O3. The largest absolute Gasteiger partial charge is 0.451 e. The molecule has 4 rings (SSSR count). The first-order valence-corrected chi connectivity index (χ1v) is 9.06. The zero-order valence-corrected chi connectivity index (χ0v) is 15.2. The molecule has 0 aliphatic carbocycles. The Kier molecular flexibility index (Phi) is 5.01. The minimum atomic E-state index is -0.413. The number of imidazole rings is 1. The van der Waals surface area contributed by atoms with Gasteiger partial charge < -0.3 is 14.3 Å². The zero-order chi connectivity index (χ0) is 19.3. The van der Waals surface area contributed by atoms with Crippen molar-refractivity contribution in [3.8, 4) is 0 Å². The molecule has 6 heteroatoms. The van der Waals surface area contributed by atoms with Gasteiger partial charge in [0.05, 0.1) is 5.39 Å². The number of carbonyl (C=O) groups excluding carboxylic acids is 1. The van der Waals surface area contributed by atoms with Crippen LogP contribution in [0.15, 0.2) is 82.3 Å². The fraction of sp³-hybridized carbons (Fsp3) is 0.136. The molecule has 140 valence electrons. The van der Waals surface area contributed by atoms with E-state index in [1.807, 2.05) is 24.4 Å². The van der Waals surface area contributed by atoms with Crippen molar-refractivity contribution in [2.45, 2.75) is 13.0 Å². The van der Waals surface area contributed by atoms with Gasteiger partial charge in [-0.3, -0.25) is 9.59 Å². The first kappa shape index (κ1) is 17.7. The van der Waals surface area contributed by atoms with Gasteiger partial charge in [0, 0.05) is 38.0 Å². The molecule has 4 aromatic rings. The number of para-hydroxylation sites is 1. The first-order valence-electron chi connectivity index (χ1n) is 9.06. The molecule has 1 N–H and O–H groups in total. The Morgan fingerprint density at radius 2 is 1.86 bits per heavy atom. The maximum atomic E-state index is 12.4. The molecule has 28 heavy (non-hydrogen) atoms. The monoisotopic (exact) mass is 373 g/mol. The lowest BCUT2D eigenvalue weighted by Crippen LogP contribution is -2.27. The molecular weight excluding hydrogens is 354 g/mol. The lowest BCUT2D eigenvalue weighted by Gasteiger charge is -2.09. The Labute approximate surface area is 161 Å². The molecule has 0 unspecified atom stereocenters. The van der Waals surface area contributed by atoms with Gasteiger partial charge in [0.1, 0.15) is 11.4 Å². The second kappa shape index (κ2) is 7.92. The molecule has 2 aromatic heterocycles. The molecule has 6 nitrogen and oxygen atoms in total. The molecule has 0 atom stereocenters. The third-order valence-corrected chi connectivity index (χ3v) is 4.49. The molecule has 0 bridgehead atoms. The molecule has 2 heterocycles. The lowest BCUT2D eigenvalue weighted by molar-refractivity contribution is 0.0927. The van der Waals surface area contributed by atoms with E-state index < -0.39 is 5.91 Å². The second-order valence-electron chi connectivity index (χ2n) is 6.43. The summed E-state index contributed by atoms with van der Waals surface area (Å²) in [5.41, 5.74) is 1.35. The average Bonchev–Trinajstić information content (AvgIpc) is 3.15. The van der Waals surface area contributed by atoms with Gasteiger partial charge in [-0.25, -0.2) is 4.98 Å². The van der Waals surface area contributed by atoms with Crippen molar-refractivity contribution in [1.29, 1.82) is 0 Å². The highest BCUT2D eigenvalue weighted by Gasteiger charge is 2.12. The smallest absolute Gasteiger partial charge is 0.287 e. The topological polar surface area (TPSA) is 77.1 Å². The number of benzene rings is 2. The molecule has 0 saturated heterocycles. The van der Waals surface area contributed by atoms with E-state index in [9.17, 15) is 9.59 Å². The normalized spacial score (nSPS) is 10.9. The predicted molar refractivity (Wildman–Crippen MR) is 106 cm³/mol. The maximum absolute atomic E-state index is 12.4. The third-order valence-electron chi connectivity index (χ3n) is 4.49. The summed E-state index contributed by atoms with van der Waals surface area (Å²) < 4.78 is 7.62. The van der Waals surface area contributed by atoms with Crippen molar-refractivity contribution in [2.75, 3.05) is 6.54 Å². The van der Waals surface area contributed by atoms with Crippen molar-refractivity contribution in [1.82, 2.24) is 14.9 Å². The number of hydrogen-bond acceptors (Lipinski definition) is 4. The highest BCUT2D eigenvalue weighted by molar-refractivity contribution is 5.93. The summed E-state index contributed by atoms with van der Waals surface area (Å²) in [4.78, 5) is 28.9. The molecule has 1 amide bonds. The van der Waals surface area contributed by atoms with Crippen molar-refractivity contribution in [3.05, 3.63) is 100 Å². The fourth-order valence-corrected chi connectivity index (χ4v) is 3.08. The quantitative estimate of drug-likeness (QED) is 0.564. The molecule has 0 aliphatic heterocycles. The third kappa shape index (κ3) is 3.86. The van der Waals surface area contributed by atoms with Gasteiger partial charge in [0.15, 0.2) is 11.2 Å². The van der Waals surface area contributed by atoms with Crippen LogP contribution >= 0.6 is 0 Å². The number of nitrogens with one attached hydrogen (secondary N) is 1. The van der Waals surface area contributed by atoms with Gasteiger partial charge in [-0.1, -0.05) is 42.5 Å². The van der Waals surface area contributed by atoms with E-state index in [4.69, 9.17) is 4.42 Å². The average molecular weight is 373 g/mol. The molecule has 2 aromatic carbocycles. The van der Waals surface area contributed by atoms with Gasteiger partial charge in [-0.05, 0) is 17.7 Å². The van der Waals surface area contributed by atoms with Crippen LogP contribution in [0.25, 0.3) is 11.0 Å². The summed E-state index contributed by atoms with van der Waals surface area (Å²) in [5.74, 6) is 0.476. The highest BCUT2D eigenvalue weighted by atomic mass is 16.3. The van der Waals surface area contributed by atoms with Crippen LogP contribution < -0.4 is 10.7 Å². The molecule has 0 radical (unpaired) electrons. The number of rotatable bonds is 6. The summed E-state index contributed by atoms with van der Waals surface area (Å²) in [6.45, 7) is 1.12. The molecule has 0 aliphatic rings. The van der Waals surface area contributed by atoms with Gasteiger partial charge >= 0.3 is 0 Å². The van der Waals surface area contributed by atoms with E-state index in [1.165, 1.54) is 11.6 Å². The molecule has 0 fully saturated rings. The Bertz CT molecular complexity index is 1160. The van der Waals surface area contributed by atoms with Crippen LogP contribution in [0.1, 0.15) is 21.9 Å². The minimum Gasteiger partial charge on any atom is -0.451 e. The van der Waals surface area contributed by atoms with E-state index in [0.29, 0.717) is 23.9 Å². The number of aromatic nitrogens is 2. The van der Waals surface area contributed by atoms with Crippen molar-refractivity contribution in [2.24, 2.45) is 0 Å². The maximum Gasteiger partial charge on any atom is 0.287 e. The number of nitrogens with zero attached hydrogens (tertiary/aromatic N) is 2. The number of hydrogen-bond donors (Lipinski definition) is 1. The van der Waals surface area contributed by atoms with Gasteiger partial charge in [-0.15, -0.1) is 0 Å². The van der Waals surface area contributed by atoms with Crippen molar-refractivity contribution in [3.63, 3.8) is 0 Å². The van der Waals surface area contributed by atoms with Crippen LogP contribution in [0, 0.1) is 0 Å². The van der Waals surface area contributed by atoms with Crippen LogP contribution in [0.5, 0.6) is 0 Å². The van der Waals surface area contributed by atoms with E-state index in [-0.39, 0.29) is 11.2 Å². The summed E-state index contributed by atoms with van der Waals surface area (Å²) in [6.07, 6.45) is 4.25. The van der Waals surface area contributed by atoms with E-state index in [2.05, 4.69) is 27.0 Å². The highest BCUT2D eigenvalue weighted by Crippen LogP contribution is 2.11. The Balaban J connectivity index is 1.40. The van der Waals surface area contributed by atoms with Gasteiger partial charge in [0.25, 0.3) is 5.91 Å². The summed E-state index contributed by atoms with van der Waals surface area (Å²) in [5, 5.41) is 3.26. The number of carbonyl (C=O) groups is 1. The van der Waals surface area contributed by atoms with E-state index >= 15 is 0 Å². The SMILES string of the molecule is O=C(NCCc1nccn1Cc1ccccc1)c1cc(=O)c2ccccc2o1. The minimum absolute atomic E-state index is 0.0105. The van der Waals surface area contributed by atoms with Crippen LogP contribution in [0.4, 0.5) is 0 Å². The van der Waals surface area contributed by atoms with Gasteiger partial charge in [-0.2, -0.15) is 0 Å². The number of fused-ring (bicyclic) bond motifs is 1. The predicted octanol–water partition coefficient (Wildman–Crippen LogP) is 3.01. The number of amides is 1. The summed E-state index contributed by atoms with van der Waals surface area (Å²) in [6, 6.07) is 18.2. The Morgan fingerprint density at radius 1 is 1.07 bits per heavy atom. The van der Waals surface area contributed by atoms with Crippen LogP contribution in [0.2, 0.25) is 0 Å². The summed E-state index contributed by atoms with van der Waals surface area (Å²) in [7, 11) is 0. The van der Waals surface area contributed by atoms with Crippen LogP contribution in [0.3, 0.4) is 0 Å². The first-order chi connectivity index (χ1) is 13.7. The van der Waals surface area contributed by atoms with Crippen LogP contribution in [-0.2, 0) is 13.0 Å². The molecule has 0 saturated carbocycles. The lowest BCUT2D eigenvalue weighted by atomic mass is 10.2. The molecule has 0 spiro atoms. The zero-order valence-electron chi connectivity index (χ0n) is 15.2. The van der Waals surface area contributed by atoms with E-state index in [0.717, 1.165) is 12.4 Å². The van der Waals surface area contributed by atoms with Crippen molar-refractivity contribution < 1.29 is 9.21 Å². The van der Waals surface area contributed by atoms with Gasteiger partial charge in [0.2, 0.25) is 0 Å². The van der Waals surface area contributed by atoms with E-state index in [1.54, 1.807) is 30.5 Å².